The number of nitrogens with zero attached hydrogens (tertiary/aromatic N) is 1. The zero-order valence-electron chi connectivity index (χ0n) is 13.3. The standard InChI is InChI=1S/C19H16F4N2/c20-16-3-1-2-15(19(21,22)23)18(16)13-5-4-12-10-14-6-7-24-8-9-25(14)17(12)11-13/h1-5,10-11,24H,6-9H2. The van der Waals surface area contributed by atoms with Gasteiger partial charge in [-0.1, -0.05) is 18.2 Å². The maximum absolute atomic E-state index is 14.3. The van der Waals surface area contributed by atoms with Crippen LogP contribution in [0.1, 0.15) is 11.3 Å². The molecule has 0 amide bonds. The van der Waals surface area contributed by atoms with Gasteiger partial charge in [0.2, 0.25) is 0 Å². The van der Waals surface area contributed by atoms with Crippen LogP contribution < -0.4 is 5.32 Å². The second kappa shape index (κ2) is 5.88. The van der Waals surface area contributed by atoms with Crippen LogP contribution in [0, 0.1) is 5.82 Å². The summed E-state index contributed by atoms with van der Waals surface area (Å²) in [5.41, 5.74) is 0.890. The summed E-state index contributed by atoms with van der Waals surface area (Å²) in [6.07, 6.45) is -3.75. The predicted octanol–water partition coefficient (Wildman–Crippen LogP) is 4.61. The molecule has 0 saturated carbocycles. The van der Waals surface area contributed by atoms with Gasteiger partial charge in [0.05, 0.1) is 5.56 Å². The number of benzene rings is 2. The number of fused-ring (bicyclic) bond motifs is 3. The Morgan fingerprint density at radius 1 is 1.00 bits per heavy atom. The molecule has 0 aliphatic carbocycles. The van der Waals surface area contributed by atoms with Crippen LogP contribution in [0.3, 0.4) is 0 Å². The quantitative estimate of drug-likeness (QED) is 0.636. The molecule has 1 N–H and O–H groups in total. The first-order valence-electron chi connectivity index (χ1n) is 8.14. The Kier molecular flexibility index (Phi) is 3.80. The van der Waals surface area contributed by atoms with Crippen molar-refractivity contribution in [1.29, 1.82) is 0 Å². The van der Waals surface area contributed by atoms with Crippen molar-refractivity contribution in [3.63, 3.8) is 0 Å². The molecule has 0 atom stereocenters. The van der Waals surface area contributed by atoms with E-state index in [1.54, 1.807) is 18.2 Å². The monoisotopic (exact) mass is 348 g/mol. The van der Waals surface area contributed by atoms with Crippen LogP contribution in [0.2, 0.25) is 0 Å². The third-order valence-electron chi connectivity index (χ3n) is 4.67. The number of nitrogens with one attached hydrogen (secondary N) is 1. The van der Waals surface area contributed by atoms with Crippen molar-refractivity contribution in [2.45, 2.75) is 19.1 Å². The predicted molar refractivity (Wildman–Crippen MR) is 88.9 cm³/mol. The highest BCUT2D eigenvalue weighted by atomic mass is 19.4. The molecule has 25 heavy (non-hydrogen) atoms. The fraction of sp³-hybridized carbons (Fsp3) is 0.263. The van der Waals surface area contributed by atoms with E-state index in [-0.39, 0.29) is 11.1 Å². The molecule has 6 heteroatoms. The normalized spacial score (nSPS) is 15.2. The van der Waals surface area contributed by atoms with Crippen molar-refractivity contribution in [2.75, 3.05) is 13.1 Å². The SMILES string of the molecule is Fc1cccc(C(F)(F)F)c1-c1ccc2cc3n(c2c1)CCNCC3. The molecule has 1 aliphatic rings. The summed E-state index contributed by atoms with van der Waals surface area (Å²) in [6.45, 7) is 2.41. The molecule has 2 heterocycles. The lowest BCUT2D eigenvalue weighted by Gasteiger charge is -2.14. The molecule has 2 nitrogen and oxygen atoms in total. The van der Waals surface area contributed by atoms with Crippen LogP contribution >= 0.6 is 0 Å². The lowest BCUT2D eigenvalue weighted by molar-refractivity contribution is -0.137. The molecule has 1 aromatic heterocycles. The summed E-state index contributed by atoms with van der Waals surface area (Å²) < 4.78 is 56.3. The first-order chi connectivity index (χ1) is 11.9. The van der Waals surface area contributed by atoms with Crippen molar-refractivity contribution in [3.05, 3.63) is 59.5 Å². The lowest BCUT2D eigenvalue weighted by Crippen LogP contribution is -2.17. The average molecular weight is 348 g/mol. The van der Waals surface area contributed by atoms with Crippen molar-refractivity contribution < 1.29 is 17.6 Å². The number of halogens is 4. The van der Waals surface area contributed by atoms with Gasteiger partial charge in [-0.25, -0.2) is 4.39 Å². The van der Waals surface area contributed by atoms with Crippen LogP contribution in [0.4, 0.5) is 17.6 Å². The van der Waals surface area contributed by atoms with Gasteiger partial charge < -0.3 is 9.88 Å². The van der Waals surface area contributed by atoms with Gasteiger partial charge in [-0.05, 0) is 35.2 Å². The number of rotatable bonds is 1. The third-order valence-corrected chi connectivity index (χ3v) is 4.67. The summed E-state index contributed by atoms with van der Waals surface area (Å²) >= 11 is 0. The van der Waals surface area contributed by atoms with Crippen LogP contribution in [-0.2, 0) is 19.1 Å². The minimum absolute atomic E-state index is 0.246. The smallest absolute Gasteiger partial charge is 0.343 e. The molecule has 0 radical (unpaired) electrons. The van der Waals surface area contributed by atoms with E-state index >= 15 is 0 Å². The Hall–Kier alpha value is -2.34. The van der Waals surface area contributed by atoms with Crippen molar-refractivity contribution in [2.24, 2.45) is 0 Å². The van der Waals surface area contributed by atoms with Gasteiger partial charge in [0, 0.05) is 42.8 Å². The molecular formula is C19H16F4N2. The maximum atomic E-state index is 14.3. The van der Waals surface area contributed by atoms with Gasteiger partial charge >= 0.3 is 6.18 Å². The summed E-state index contributed by atoms with van der Waals surface area (Å²) in [5.74, 6) is -0.863. The molecule has 0 bridgehead atoms. The van der Waals surface area contributed by atoms with Gasteiger partial charge in [-0.3, -0.25) is 0 Å². The largest absolute Gasteiger partial charge is 0.417 e. The van der Waals surface area contributed by atoms with Gasteiger partial charge in [0.1, 0.15) is 5.82 Å². The van der Waals surface area contributed by atoms with Gasteiger partial charge in [0.15, 0.2) is 0 Å². The van der Waals surface area contributed by atoms with Gasteiger partial charge in [-0.2, -0.15) is 13.2 Å². The molecule has 2 aromatic carbocycles. The van der Waals surface area contributed by atoms with Crippen LogP contribution in [0.15, 0.2) is 42.5 Å². The Balaban J connectivity index is 1.93. The van der Waals surface area contributed by atoms with Crippen LogP contribution in [-0.4, -0.2) is 17.7 Å². The highest BCUT2D eigenvalue weighted by molar-refractivity contribution is 5.87. The lowest BCUT2D eigenvalue weighted by atomic mass is 9.98. The zero-order valence-corrected chi connectivity index (χ0v) is 13.3. The fourth-order valence-electron chi connectivity index (χ4n) is 3.52. The molecule has 130 valence electrons. The zero-order chi connectivity index (χ0) is 17.6. The van der Waals surface area contributed by atoms with Crippen molar-refractivity contribution in [1.82, 2.24) is 9.88 Å². The Bertz CT molecular complexity index is 940. The minimum Gasteiger partial charge on any atom is -0.343 e. The molecular weight excluding hydrogens is 332 g/mol. The Labute approximate surface area is 142 Å². The van der Waals surface area contributed by atoms with E-state index in [2.05, 4.69) is 16.0 Å². The number of aromatic nitrogens is 1. The highest BCUT2D eigenvalue weighted by Gasteiger charge is 2.35. The molecule has 4 rings (SSSR count). The number of hydrogen-bond acceptors (Lipinski definition) is 1. The molecule has 0 unspecified atom stereocenters. The van der Waals surface area contributed by atoms with Crippen LogP contribution in [0.25, 0.3) is 22.0 Å². The summed E-state index contributed by atoms with van der Waals surface area (Å²) in [4.78, 5) is 0. The van der Waals surface area contributed by atoms with E-state index in [9.17, 15) is 17.6 Å². The average Bonchev–Trinajstić information content (AvgIpc) is 2.74. The van der Waals surface area contributed by atoms with E-state index in [1.807, 2.05) is 0 Å². The van der Waals surface area contributed by atoms with E-state index in [4.69, 9.17) is 0 Å². The van der Waals surface area contributed by atoms with Crippen molar-refractivity contribution in [3.8, 4) is 11.1 Å². The number of hydrogen-bond donors (Lipinski definition) is 1. The highest BCUT2D eigenvalue weighted by Crippen LogP contribution is 2.39. The molecule has 0 saturated heterocycles. The van der Waals surface area contributed by atoms with E-state index in [1.165, 1.54) is 0 Å². The number of alkyl halides is 3. The fourth-order valence-corrected chi connectivity index (χ4v) is 3.52. The summed E-state index contributed by atoms with van der Waals surface area (Å²) in [6, 6.07) is 10.1. The third kappa shape index (κ3) is 2.80. The topological polar surface area (TPSA) is 17.0 Å². The molecule has 1 aliphatic heterocycles. The second-order valence-corrected chi connectivity index (χ2v) is 6.22. The Morgan fingerprint density at radius 3 is 2.64 bits per heavy atom. The summed E-state index contributed by atoms with van der Waals surface area (Å²) in [7, 11) is 0. The van der Waals surface area contributed by atoms with Crippen molar-refractivity contribution >= 4 is 10.9 Å². The first-order valence-corrected chi connectivity index (χ1v) is 8.14. The maximum Gasteiger partial charge on any atom is 0.417 e. The first kappa shape index (κ1) is 16.1. The minimum atomic E-state index is -4.60. The van der Waals surface area contributed by atoms with E-state index < -0.39 is 17.6 Å². The van der Waals surface area contributed by atoms with Gasteiger partial charge in [0.25, 0.3) is 0 Å². The molecule has 0 fully saturated rings. The van der Waals surface area contributed by atoms with E-state index in [0.29, 0.717) is 0 Å². The second-order valence-electron chi connectivity index (χ2n) is 6.22. The Morgan fingerprint density at radius 2 is 1.84 bits per heavy atom. The van der Waals surface area contributed by atoms with Gasteiger partial charge in [-0.15, -0.1) is 0 Å². The molecule has 0 spiro atoms. The summed E-state index contributed by atoms with van der Waals surface area (Å²) in [5, 5.41) is 4.26. The van der Waals surface area contributed by atoms with E-state index in [0.717, 1.165) is 60.9 Å². The van der Waals surface area contributed by atoms with Crippen LogP contribution in [0.5, 0.6) is 0 Å². The molecule has 3 aromatic rings.